The van der Waals surface area contributed by atoms with Crippen molar-refractivity contribution in [2.75, 3.05) is 43.1 Å². The minimum Gasteiger partial charge on any atom is -0.340 e. The Kier molecular flexibility index (Phi) is 9.39. The van der Waals surface area contributed by atoms with E-state index in [4.69, 9.17) is 11.6 Å². The molecule has 44 heavy (non-hydrogen) atoms. The second-order valence-corrected chi connectivity index (χ2v) is 12.3. The van der Waals surface area contributed by atoms with Crippen molar-refractivity contribution in [3.8, 4) is 0 Å². The van der Waals surface area contributed by atoms with Gasteiger partial charge in [0.2, 0.25) is 0 Å². The average molecular weight is 645 g/mol. The Hall–Kier alpha value is -3.78. The third-order valence-corrected chi connectivity index (χ3v) is 8.55. The molecule has 232 valence electrons. The molecule has 1 aliphatic rings. The van der Waals surface area contributed by atoms with Crippen LogP contribution in [-0.4, -0.2) is 63.9 Å². The highest BCUT2D eigenvalue weighted by Crippen LogP contribution is 2.36. The summed E-state index contributed by atoms with van der Waals surface area (Å²) in [4.78, 5) is 30.3. The lowest BCUT2D eigenvalue weighted by Gasteiger charge is -2.22. The highest BCUT2D eigenvalue weighted by atomic mass is 35.5. The van der Waals surface area contributed by atoms with Gasteiger partial charge in [0.25, 0.3) is 5.91 Å². The van der Waals surface area contributed by atoms with E-state index in [0.29, 0.717) is 44.2 Å². The molecule has 0 spiro atoms. The van der Waals surface area contributed by atoms with Gasteiger partial charge in [0.05, 0.1) is 22.5 Å². The van der Waals surface area contributed by atoms with Gasteiger partial charge in [-0.1, -0.05) is 41.1 Å². The van der Waals surface area contributed by atoms with Gasteiger partial charge in [0.1, 0.15) is 22.3 Å². The predicted molar refractivity (Wildman–Crippen MR) is 168 cm³/mol. The summed E-state index contributed by atoms with van der Waals surface area (Å²) < 4.78 is 42.3. The molecule has 1 saturated heterocycles. The van der Waals surface area contributed by atoms with Crippen molar-refractivity contribution in [3.05, 3.63) is 81.1 Å². The first-order valence-electron chi connectivity index (χ1n) is 13.9. The number of carbonyl (C=O) groups is 1. The fraction of sp³-hybridized carbons (Fsp3) is 0.333. The summed E-state index contributed by atoms with van der Waals surface area (Å²) >= 11 is 7.34. The second kappa shape index (κ2) is 13.1. The predicted octanol–water partition coefficient (Wildman–Crippen LogP) is 7.10. The summed E-state index contributed by atoms with van der Waals surface area (Å²) in [6, 6.07) is 11.5. The number of nitrogens with one attached hydrogen (secondary N) is 3. The monoisotopic (exact) mass is 644 g/mol. The molecule has 1 fully saturated rings. The Balaban J connectivity index is 1.29. The number of likely N-dealkylation sites (tertiary alicyclic amines) is 1. The number of amides is 1. The average Bonchev–Trinajstić information content (AvgIpc) is 3.61. The largest absolute Gasteiger partial charge is 0.416 e. The molecule has 1 aliphatic heterocycles. The number of hydrogen-bond donors (Lipinski definition) is 3. The van der Waals surface area contributed by atoms with Crippen molar-refractivity contribution in [2.45, 2.75) is 39.0 Å². The van der Waals surface area contributed by atoms with Crippen LogP contribution < -0.4 is 16.0 Å². The Bertz CT molecular complexity index is 1640. The number of carbonyl (C=O) groups excluding carboxylic acids is 1. The normalized spacial score (nSPS) is 15.5. The minimum absolute atomic E-state index is 0.228. The van der Waals surface area contributed by atoms with Crippen molar-refractivity contribution in [2.24, 2.45) is 0 Å². The molecule has 0 aliphatic carbocycles. The number of likely N-dealkylation sites (N-methyl/N-ethyl adjacent to an activating group) is 1. The maximum atomic E-state index is 14.1. The number of para-hydroxylation sites is 1. The van der Waals surface area contributed by atoms with Crippen LogP contribution in [0.15, 0.2) is 48.7 Å². The SMILES string of the molecule is Cc1nc(Nc2ccc(CN3CC[C@@H](N(C)C)C3)c(C(F)(F)F)c2)cc(Nc2ncc(C(=O)Nc3c(C)cccc3Cl)s2)n1. The first-order valence-corrected chi connectivity index (χ1v) is 15.1. The van der Waals surface area contributed by atoms with E-state index in [1.165, 1.54) is 12.3 Å². The standard InChI is InChI=1S/C30H32ClF3N8OS/c1-17-6-5-7-23(31)27(17)40-28(43)24-14-35-29(44-24)39-26-13-25(36-18(2)37-26)38-20-9-8-19(22(12-20)30(32,33)34)15-42-11-10-21(16-42)41(3)4/h5-9,12-14,21H,10-11,15-16H2,1-4H3,(H,40,43)(H2,35,36,37,38,39)/t21-/m1/s1. The molecule has 0 radical (unpaired) electrons. The number of benzene rings is 2. The maximum Gasteiger partial charge on any atom is 0.416 e. The molecule has 1 amide bonds. The molecule has 9 nitrogen and oxygen atoms in total. The van der Waals surface area contributed by atoms with E-state index in [-0.39, 0.29) is 23.7 Å². The number of alkyl halides is 3. The van der Waals surface area contributed by atoms with Crippen LogP contribution in [-0.2, 0) is 12.7 Å². The van der Waals surface area contributed by atoms with E-state index >= 15 is 0 Å². The molecule has 3 N–H and O–H groups in total. The van der Waals surface area contributed by atoms with Gasteiger partial charge in [-0.25, -0.2) is 15.0 Å². The molecule has 3 heterocycles. The van der Waals surface area contributed by atoms with Gasteiger partial charge in [0, 0.05) is 37.4 Å². The molecule has 0 unspecified atom stereocenters. The first-order chi connectivity index (χ1) is 20.9. The smallest absolute Gasteiger partial charge is 0.340 e. The van der Waals surface area contributed by atoms with E-state index < -0.39 is 11.7 Å². The van der Waals surface area contributed by atoms with Crippen LogP contribution in [0.3, 0.4) is 0 Å². The second-order valence-electron chi connectivity index (χ2n) is 10.9. The quantitative estimate of drug-likeness (QED) is 0.178. The lowest BCUT2D eigenvalue weighted by Crippen LogP contribution is -2.31. The lowest BCUT2D eigenvalue weighted by molar-refractivity contribution is -0.138. The number of halogens is 4. The minimum atomic E-state index is -4.51. The van der Waals surface area contributed by atoms with Gasteiger partial charge in [-0.3, -0.25) is 9.69 Å². The van der Waals surface area contributed by atoms with E-state index in [9.17, 15) is 18.0 Å². The van der Waals surface area contributed by atoms with Gasteiger partial charge >= 0.3 is 6.18 Å². The van der Waals surface area contributed by atoms with E-state index in [0.717, 1.165) is 42.5 Å². The zero-order chi connectivity index (χ0) is 31.6. The van der Waals surface area contributed by atoms with Crippen LogP contribution in [0.2, 0.25) is 5.02 Å². The Morgan fingerprint density at radius 1 is 1.11 bits per heavy atom. The first kappa shape index (κ1) is 31.6. The Labute approximate surface area is 262 Å². The van der Waals surface area contributed by atoms with Gasteiger partial charge in [-0.15, -0.1) is 0 Å². The number of thiazole rings is 1. The number of aromatic nitrogens is 3. The van der Waals surface area contributed by atoms with Crippen molar-refractivity contribution in [1.82, 2.24) is 24.8 Å². The summed E-state index contributed by atoms with van der Waals surface area (Å²) in [5.74, 6) is 0.691. The summed E-state index contributed by atoms with van der Waals surface area (Å²) in [7, 11) is 3.98. The third-order valence-electron chi connectivity index (χ3n) is 7.32. The van der Waals surface area contributed by atoms with Gasteiger partial charge < -0.3 is 20.9 Å². The highest BCUT2D eigenvalue weighted by molar-refractivity contribution is 7.17. The molecule has 2 aromatic carbocycles. The summed E-state index contributed by atoms with van der Waals surface area (Å²) in [5, 5.41) is 9.68. The molecule has 0 saturated carbocycles. The van der Waals surface area contributed by atoms with Crippen LogP contribution in [0.5, 0.6) is 0 Å². The van der Waals surface area contributed by atoms with Crippen LogP contribution in [0.4, 0.5) is 41.3 Å². The number of hydrogen-bond acceptors (Lipinski definition) is 9. The zero-order valence-corrected chi connectivity index (χ0v) is 26.2. The Morgan fingerprint density at radius 2 is 1.86 bits per heavy atom. The highest BCUT2D eigenvalue weighted by Gasteiger charge is 2.35. The van der Waals surface area contributed by atoms with Crippen LogP contribution >= 0.6 is 22.9 Å². The summed E-state index contributed by atoms with van der Waals surface area (Å²) in [6.07, 6.45) is -2.15. The number of nitrogens with zero attached hydrogens (tertiary/aromatic N) is 5. The lowest BCUT2D eigenvalue weighted by atomic mass is 10.1. The molecule has 4 aromatic rings. The number of anilines is 5. The zero-order valence-electron chi connectivity index (χ0n) is 24.6. The van der Waals surface area contributed by atoms with Crippen molar-refractivity contribution < 1.29 is 18.0 Å². The van der Waals surface area contributed by atoms with Gasteiger partial charge in [-0.2, -0.15) is 13.2 Å². The van der Waals surface area contributed by atoms with E-state index in [1.807, 2.05) is 27.1 Å². The molecular weight excluding hydrogens is 613 g/mol. The van der Waals surface area contributed by atoms with Crippen molar-refractivity contribution >= 4 is 57.0 Å². The topological polar surface area (TPSA) is 98.3 Å². The maximum absolute atomic E-state index is 14.1. The number of aryl methyl sites for hydroxylation is 2. The van der Waals surface area contributed by atoms with Gasteiger partial charge in [0.15, 0.2) is 5.13 Å². The van der Waals surface area contributed by atoms with Crippen molar-refractivity contribution in [3.63, 3.8) is 0 Å². The van der Waals surface area contributed by atoms with Crippen molar-refractivity contribution in [1.29, 1.82) is 0 Å². The molecule has 2 aromatic heterocycles. The van der Waals surface area contributed by atoms with E-state index in [2.05, 4.69) is 40.7 Å². The third kappa shape index (κ3) is 7.65. The fourth-order valence-corrected chi connectivity index (χ4v) is 6.02. The van der Waals surface area contributed by atoms with E-state index in [1.54, 1.807) is 31.2 Å². The van der Waals surface area contributed by atoms with Crippen LogP contribution in [0.1, 0.15) is 38.6 Å². The van der Waals surface area contributed by atoms with Crippen LogP contribution in [0.25, 0.3) is 0 Å². The summed E-state index contributed by atoms with van der Waals surface area (Å²) in [6.45, 7) is 5.23. The molecule has 0 bridgehead atoms. The molecule has 5 rings (SSSR count). The number of rotatable bonds is 9. The molecular formula is C30H32ClF3N8OS. The molecule has 14 heteroatoms. The van der Waals surface area contributed by atoms with Crippen LogP contribution in [0, 0.1) is 13.8 Å². The summed E-state index contributed by atoms with van der Waals surface area (Å²) in [5.41, 5.74) is 1.16. The fourth-order valence-electron chi connectivity index (χ4n) is 5.03. The molecule has 1 atom stereocenters. The Morgan fingerprint density at radius 3 is 2.55 bits per heavy atom. The van der Waals surface area contributed by atoms with Gasteiger partial charge in [-0.05, 0) is 63.7 Å².